The van der Waals surface area contributed by atoms with Gasteiger partial charge in [0.25, 0.3) is 5.91 Å². The molecule has 0 heterocycles. The van der Waals surface area contributed by atoms with E-state index in [1.165, 1.54) is 4.90 Å². The molecule has 0 saturated heterocycles. The lowest BCUT2D eigenvalue weighted by Crippen LogP contribution is -2.54. The largest absolute Gasteiger partial charge is 0.444 e. The number of anilines is 1. The van der Waals surface area contributed by atoms with Crippen molar-refractivity contribution in [2.45, 2.75) is 78.0 Å². The summed E-state index contributed by atoms with van der Waals surface area (Å²) in [6.07, 6.45) is 2.65. The molecule has 0 radical (unpaired) electrons. The highest BCUT2D eigenvalue weighted by molar-refractivity contribution is 6.34. The Labute approximate surface area is 230 Å². The first-order chi connectivity index (χ1) is 18.0. The predicted molar refractivity (Wildman–Crippen MR) is 150 cm³/mol. The number of para-hydroxylation sites is 1. The molecule has 0 aliphatic carbocycles. The number of benzene rings is 2. The van der Waals surface area contributed by atoms with Crippen LogP contribution in [0.2, 0.25) is 5.02 Å². The molecule has 0 aliphatic rings. The van der Waals surface area contributed by atoms with Crippen molar-refractivity contribution in [3.05, 3.63) is 64.7 Å². The standard InChI is InChI=1S/C29H40ClN3O5/c1-6-7-8-12-18-33(27(36)23(19-34)31-28(37)38-29(3,4)5)25(21-15-10-9-11-16-21)26(35)32-24-20(2)14-13-17-22(24)30/h9-11,13-17,23,25,34H,6-8,12,18-19H2,1-5H3,(H,31,37)(H,32,35). The van der Waals surface area contributed by atoms with Gasteiger partial charge < -0.3 is 25.4 Å². The molecular weight excluding hydrogens is 506 g/mol. The normalized spacial score (nSPS) is 12.8. The van der Waals surface area contributed by atoms with Gasteiger partial charge in [0.15, 0.2) is 0 Å². The van der Waals surface area contributed by atoms with Gasteiger partial charge in [0.2, 0.25) is 5.91 Å². The van der Waals surface area contributed by atoms with E-state index in [4.69, 9.17) is 16.3 Å². The molecule has 38 heavy (non-hydrogen) atoms. The van der Waals surface area contributed by atoms with Crippen molar-refractivity contribution in [2.75, 3.05) is 18.5 Å². The van der Waals surface area contributed by atoms with Crippen molar-refractivity contribution in [1.82, 2.24) is 10.2 Å². The maximum atomic E-state index is 13.8. The monoisotopic (exact) mass is 545 g/mol. The maximum absolute atomic E-state index is 13.8. The second-order valence-corrected chi connectivity index (χ2v) is 10.6. The molecule has 0 fully saturated rings. The molecule has 0 saturated carbocycles. The minimum Gasteiger partial charge on any atom is -0.444 e. The molecule has 2 atom stereocenters. The topological polar surface area (TPSA) is 108 Å². The Balaban J connectivity index is 2.47. The predicted octanol–water partition coefficient (Wildman–Crippen LogP) is 5.62. The van der Waals surface area contributed by atoms with Gasteiger partial charge in [0.05, 0.1) is 17.3 Å². The number of amides is 3. The van der Waals surface area contributed by atoms with Crippen LogP contribution in [0.5, 0.6) is 0 Å². The van der Waals surface area contributed by atoms with Gasteiger partial charge in [-0.15, -0.1) is 0 Å². The molecule has 0 aliphatic heterocycles. The molecule has 8 nitrogen and oxygen atoms in total. The van der Waals surface area contributed by atoms with Crippen LogP contribution in [0.15, 0.2) is 48.5 Å². The number of aliphatic hydroxyl groups excluding tert-OH is 1. The number of hydrogen-bond donors (Lipinski definition) is 3. The highest BCUT2D eigenvalue weighted by Gasteiger charge is 2.36. The summed E-state index contributed by atoms with van der Waals surface area (Å²) in [5.74, 6) is -1.04. The molecule has 2 aromatic rings. The third-order valence-corrected chi connectivity index (χ3v) is 6.17. The van der Waals surface area contributed by atoms with Crippen molar-refractivity contribution >= 4 is 35.2 Å². The fourth-order valence-electron chi connectivity index (χ4n) is 4.00. The fourth-order valence-corrected chi connectivity index (χ4v) is 4.27. The summed E-state index contributed by atoms with van der Waals surface area (Å²) in [6.45, 7) is 8.62. The first-order valence-corrected chi connectivity index (χ1v) is 13.4. The van der Waals surface area contributed by atoms with Gasteiger partial charge in [-0.3, -0.25) is 9.59 Å². The first kappa shape index (κ1) is 31.1. The van der Waals surface area contributed by atoms with E-state index in [-0.39, 0.29) is 6.54 Å². The second-order valence-electron chi connectivity index (χ2n) is 10.2. The average Bonchev–Trinajstić information content (AvgIpc) is 2.85. The number of alkyl carbamates (subject to hydrolysis) is 1. The Kier molecular flexibility index (Phi) is 12.1. The second kappa shape index (κ2) is 14.7. The lowest BCUT2D eigenvalue weighted by molar-refractivity contribution is -0.141. The highest BCUT2D eigenvalue weighted by Crippen LogP contribution is 2.29. The number of carbonyl (C=O) groups excluding carboxylic acids is 3. The molecule has 0 aromatic heterocycles. The Morgan fingerprint density at radius 1 is 1.03 bits per heavy atom. The number of rotatable bonds is 12. The number of nitrogens with zero attached hydrogens (tertiary/aromatic N) is 1. The first-order valence-electron chi connectivity index (χ1n) is 13.0. The lowest BCUT2D eigenvalue weighted by Gasteiger charge is -2.34. The molecule has 0 bridgehead atoms. The highest BCUT2D eigenvalue weighted by atomic mass is 35.5. The van der Waals surface area contributed by atoms with Crippen LogP contribution in [0.3, 0.4) is 0 Å². The van der Waals surface area contributed by atoms with E-state index in [1.54, 1.807) is 57.2 Å². The number of aryl methyl sites for hydroxylation is 1. The van der Waals surface area contributed by atoms with Gasteiger partial charge in [0, 0.05) is 6.54 Å². The summed E-state index contributed by atoms with van der Waals surface area (Å²) in [5.41, 5.74) is 1.04. The summed E-state index contributed by atoms with van der Waals surface area (Å²) in [5, 5.41) is 15.8. The van der Waals surface area contributed by atoms with Crippen molar-refractivity contribution in [1.29, 1.82) is 0 Å². The molecule has 3 amide bonds. The van der Waals surface area contributed by atoms with E-state index in [1.807, 2.05) is 19.1 Å². The van der Waals surface area contributed by atoms with E-state index >= 15 is 0 Å². The van der Waals surface area contributed by atoms with Crippen molar-refractivity contribution in [3.8, 4) is 0 Å². The summed E-state index contributed by atoms with van der Waals surface area (Å²) < 4.78 is 5.29. The number of hydrogen-bond acceptors (Lipinski definition) is 5. The van der Waals surface area contributed by atoms with E-state index in [9.17, 15) is 19.5 Å². The summed E-state index contributed by atoms with van der Waals surface area (Å²) in [7, 11) is 0. The fraction of sp³-hybridized carbons (Fsp3) is 0.483. The van der Waals surface area contributed by atoms with Crippen molar-refractivity contribution in [3.63, 3.8) is 0 Å². The average molecular weight is 546 g/mol. The van der Waals surface area contributed by atoms with Crippen LogP contribution in [-0.2, 0) is 14.3 Å². The third-order valence-electron chi connectivity index (χ3n) is 5.85. The van der Waals surface area contributed by atoms with Crippen molar-refractivity contribution in [2.24, 2.45) is 0 Å². The van der Waals surface area contributed by atoms with Crippen LogP contribution in [-0.4, -0.2) is 52.7 Å². The molecule has 208 valence electrons. The smallest absolute Gasteiger partial charge is 0.408 e. The molecule has 2 rings (SSSR count). The Morgan fingerprint density at radius 2 is 1.71 bits per heavy atom. The van der Waals surface area contributed by atoms with Crippen LogP contribution in [0.25, 0.3) is 0 Å². The molecule has 0 spiro atoms. The zero-order valence-corrected chi connectivity index (χ0v) is 23.7. The summed E-state index contributed by atoms with van der Waals surface area (Å²) in [4.78, 5) is 41.5. The van der Waals surface area contributed by atoms with E-state index < -0.39 is 42.2 Å². The molecule has 3 N–H and O–H groups in total. The van der Waals surface area contributed by atoms with Crippen LogP contribution in [0.4, 0.5) is 10.5 Å². The Hall–Kier alpha value is -3.10. The Morgan fingerprint density at radius 3 is 2.29 bits per heavy atom. The van der Waals surface area contributed by atoms with E-state index in [2.05, 4.69) is 17.6 Å². The number of aliphatic hydroxyl groups is 1. The molecule has 9 heteroatoms. The van der Waals surface area contributed by atoms with Crippen LogP contribution in [0.1, 0.15) is 70.5 Å². The van der Waals surface area contributed by atoms with Gasteiger partial charge >= 0.3 is 6.09 Å². The number of carbonyl (C=O) groups is 3. The number of ether oxygens (including phenoxy) is 1. The zero-order chi connectivity index (χ0) is 28.3. The van der Waals surface area contributed by atoms with Crippen LogP contribution < -0.4 is 10.6 Å². The SMILES string of the molecule is CCCCCCN(C(=O)C(CO)NC(=O)OC(C)(C)C)C(C(=O)Nc1c(C)cccc1Cl)c1ccccc1. The van der Waals surface area contributed by atoms with Gasteiger partial charge in [-0.05, 0) is 51.3 Å². The number of unbranched alkanes of at least 4 members (excludes halogenated alkanes) is 3. The number of halogens is 1. The van der Waals surface area contributed by atoms with Gasteiger partial charge in [-0.2, -0.15) is 0 Å². The zero-order valence-electron chi connectivity index (χ0n) is 22.9. The lowest BCUT2D eigenvalue weighted by atomic mass is 10.0. The van der Waals surface area contributed by atoms with Gasteiger partial charge in [-0.1, -0.05) is 80.3 Å². The van der Waals surface area contributed by atoms with E-state index in [0.29, 0.717) is 22.7 Å². The number of nitrogens with one attached hydrogen (secondary N) is 2. The van der Waals surface area contributed by atoms with Crippen LogP contribution >= 0.6 is 11.6 Å². The summed E-state index contributed by atoms with van der Waals surface area (Å²) in [6, 6.07) is 11.9. The minimum atomic E-state index is -1.29. The van der Waals surface area contributed by atoms with E-state index in [0.717, 1.165) is 24.8 Å². The van der Waals surface area contributed by atoms with Gasteiger partial charge in [0.1, 0.15) is 17.7 Å². The maximum Gasteiger partial charge on any atom is 0.408 e. The van der Waals surface area contributed by atoms with Gasteiger partial charge in [-0.25, -0.2) is 4.79 Å². The Bertz CT molecular complexity index is 1050. The third kappa shape index (κ3) is 9.33. The molecule has 2 unspecified atom stereocenters. The van der Waals surface area contributed by atoms with Crippen LogP contribution in [0, 0.1) is 6.92 Å². The molecule has 2 aromatic carbocycles. The van der Waals surface area contributed by atoms with Crippen molar-refractivity contribution < 1.29 is 24.2 Å². The minimum absolute atomic E-state index is 0.250. The quantitative estimate of drug-likeness (QED) is 0.300. The molecular formula is C29H40ClN3O5. The summed E-state index contributed by atoms with van der Waals surface area (Å²) >= 11 is 6.38.